The van der Waals surface area contributed by atoms with E-state index in [1.807, 2.05) is 55.5 Å². The number of rotatable bonds is 9. The number of aliphatic hydroxyl groups excluding tert-OH is 1. The standard InChI is InChI=1S/C34H35N5O6/c1-21(40)27-28-33(2,45-32(42-4)44-28)31(43-27)39-20-37-26-29(35-19-36-30(26)39)38-34(22-11-7-5-8-12-22,23-13-9-6-10-14-23)24-15-17-25(41-3)18-16-24/h5-21,27-28,31-32,40H,1-4H3,(H,35,36,38)/t21?,27-,28-,31-,32?,33-/m1/s1. The molecule has 6 atom stereocenters. The normalized spacial score (nSPS) is 25.3. The van der Waals surface area contributed by atoms with Gasteiger partial charge < -0.3 is 34.1 Å². The van der Waals surface area contributed by atoms with Gasteiger partial charge in [-0.15, -0.1) is 0 Å². The van der Waals surface area contributed by atoms with Crippen LogP contribution in [-0.4, -0.2) is 69.2 Å². The van der Waals surface area contributed by atoms with E-state index in [1.165, 1.54) is 13.4 Å². The number of benzene rings is 3. The van der Waals surface area contributed by atoms with Crippen LogP contribution in [0.5, 0.6) is 5.75 Å². The highest BCUT2D eigenvalue weighted by Gasteiger charge is 2.63. The van der Waals surface area contributed by atoms with Crippen molar-refractivity contribution in [2.24, 2.45) is 0 Å². The lowest BCUT2D eigenvalue weighted by molar-refractivity contribution is -0.271. The highest BCUT2D eigenvalue weighted by molar-refractivity contribution is 5.84. The van der Waals surface area contributed by atoms with Crippen molar-refractivity contribution in [1.82, 2.24) is 19.5 Å². The van der Waals surface area contributed by atoms with E-state index in [0.717, 1.165) is 22.4 Å². The van der Waals surface area contributed by atoms with Gasteiger partial charge in [0, 0.05) is 7.11 Å². The molecular weight excluding hydrogens is 574 g/mol. The molecule has 2 fully saturated rings. The summed E-state index contributed by atoms with van der Waals surface area (Å²) in [5.41, 5.74) is 2.18. The molecule has 11 nitrogen and oxygen atoms in total. The summed E-state index contributed by atoms with van der Waals surface area (Å²) < 4.78 is 31.2. The number of hydrogen-bond acceptors (Lipinski definition) is 10. The molecule has 0 radical (unpaired) electrons. The van der Waals surface area contributed by atoms with Crippen LogP contribution in [-0.2, 0) is 24.5 Å². The Morgan fingerprint density at radius 2 is 1.53 bits per heavy atom. The maximum atomic E-state index is 10.6. The Balaban J connectivity index is 1.37. The number of imidazole rings is 1. The van der Waals surface area contributed by atoms with Crippen LogP contribution in [0.4, 0.5) is 5.82 Å². The SMILES string of the molecule is COc1ccc(C(Nc2ncnc3c2ncn3[C@@H]2O[C@H](C(C)O)[C@H]3OC(OC)O[C@]32C)(c2ccccc2)c2ccccc2)cc1. The predicted molar refractivity (Wildman–Crippen MR) is 165 cm³/mol. The van der Waals surface area contributed by atoms with Crippen molar-refractivity contribution in [3.8, 4) is 5.75 Å². The number of nitrogens with one attached hydrogen (secondary N) is 1. The van der Waals surface area contributed by atoms with Crippen LogP contribution in [0.15, 0.2) is 97.6 Å². The smallest absolute Gasteiger partial charge is 0.272 e. The number of aromatic nitrogens is 4. The van der Waals surface area contributed by atoms with Crippen molar-refractivity contribution in [3.63, 3.8) is 0 Å². The van der Waals surface area contributed by atoms with Gasteiger partial charge in [-0.1, -0.05) is 72.8 Å². The molecule has 3 aromatic carbocycles. The van der Waals surface area contributed by atoms with Crippen LogP contribution >= 0.6 is 0 Å². The third-order valence-electron chi connectivity index (χ3n) is 8.77. The summed E-state index contributed by atoms with van der Waals surface area (Å²) in [6.07, 6.45) is 0.388. The Hall–Kier alpha value is -4.39. The van der Waals surface area contributed by atoms with Gasteiger partial charge in [0.1, 0.15) is 35.4 Å². The molecule has 2 N–H and O–H groups in total. The highest BCUT2D eigenvalue weighted by atomic mass is 16.9. The number of nitrogens with zero attached hydrogens (tertiary/aromatic N) is 4. The van der Waals surface area contributed by atoms with Gasteiger partial charge in [0.2, 0.25) is 0 Å². The minimum Gasteiger partial charge on any atom is -0.497 e. The first-order chi connectivity index (χ1) is 21.9. The van der Waals surface area contributed by atoms with Gasteiger partial charge in [-0.3, -0.25) is 4.57 Å². The maximum absolute atomic E-state index is 10.6. The van der Waals surface area contributed by atoms with Gasteiger partial charge in [0.25, 0.3) is 6.48 Å². The van der Waals surface area contributed by atoms with Crippen molar-refractivity contribution in [2.75, 3.05) is 19.5 Å². The fraction of sp³-hybridized carbons (Fsp3) is 0.324. The minimum absolute atomic E-state index is 0.521. The largest absolute Gasteiger partial charge is 0.497 e. The maximum Gasteiger partial charge on any atom is 0.272 e. The number of anilines is 1. The number of aliphatic hydroxyl groups is 1. The second-order valence-electron chi connectivity index (χ2n) is 11.5. The molecule has 2 aliphatic heterocycles. The van der Waals surface area contributed by atoms with Crippen LogP contribution in [0.1, 0.15) is 36.8 Å². The summed E-state index contributed by atoms with van der Waals surface area (Å²) in [6.45, 7) is 2.66. The number of hydrogen-bond donors (Lipinski definition) is 2. The van der Waals surface area contributed by atoms with E-state index < -0.39 is 42.2 Å². The molecule has 2 aliphatic rings. The Bertz CT molecular complexity index is 1730. The van der Waals surface area contributed by atoms with E-state index in [1.54, 1.807) is 24.9 Å². The molecule has 2 saturated heterocycles. The van der Waals surface area contributed by atoms with E-state index in [2.05, 4.69) is 46.7 Å². The Morgan fingerprint density at radius 3 is 2.13 bits per heavy atom. The summed E-state index contributed by atoms with van der Waals surface area (Å²) in [4.78, 5) is 14.1. The quantitative estimate of drug-likeness (QED) is 0.229. The van der Waals surface area contributed by atoms with Crippen LogP contribution in [0.25, 0.3) is 11.2 Å². The second-order valence-corrected chi connectivity index (χ2v) is 11.5. The van der Waals surface area contributed by atoms with Crippen molar-refractivity contribution >= 4 is 17.0 Å². The van der Waals surface area contributed by atoms with E-state index >= 15 is 0 Å². The molecule has 0 saturated carbocycles. The fourth-order valence-corrected chi connectivity index (χ4v) is 6.55. The highest BCUT2D eigenvalue weighted by Crippen LogP contribution is 2.50. The molecular formula is C34H35N5O6. The zero-order valence-electron chi connectivity index (χ0n) is 25.4. The molecule has 2 aromatic heterocycles. The minimum atomic E-state index is -0.991. The van der Waals surface area contributed by atoms with E-state index in [9.17, 15) is 5.11 Å². The van der Waals surface area contributed by atoms with Crippen molar-refractivity contribution < 1.29 is 28.8 Å². The van der Waals surface area contributed by atoms with Gasteiger partial charge in [-0.05, 0) is 42.7 Å². The zero-order chi connectivity index (χ0) is 31.2. The van der Waals surface area contributed by atoms with Crippen LogP contribution < -0.4 is 10.1 Å². The van der Waals surface area contributed by atoms with Crippen LogP contribution in [0.2, 0.25) is 0 Å². The van der Waals surface area contributed by atoms with Crippen LogP contribution in [0.3, 0.4) is 0 Å². The molecule has 0 spiro atoms. The third-order valence-corrected chi connectivity index (χ3v) is 8.77. The number of ether oxygens (including phenoxy) is 5. The van der Waals surface area contributed by atoms with Crippen molar-refractivity contribution in [1.29, 1.82) is 0 Å². The van der Waals surface area contributed by atoms with Crippen LogP contribution in [0, 0.1) is 0 Å². The molecule has 0 aliphatic carbocycles. The predicted octanol–water partition coefficient (Wildman–Crippen LogP) is 4.62. The van der Waals surface area contributed by atoms with Gasteiger partial charge in [-0.25, -0.2) is 15.0 Å². The summed E-state index contributed by atoms with van der Waals surface area (Å²) in [6, 6.07) is 28.4. The van der Waals surface area contributed by atoms with Gasteiger partial charge >= 0.3 is 0 Å². The average molecular weight is 610 g/mol. The summed E-state index contributed by atoms with van der Waals surface area (Å²) in [5, 5.41) is 14.4. The summed E-state index contributed by atoms with van der Waals surface area (Å²) in [5.74, 6) is 1.28. The lowest BCUT2D eigenvalue weighted by Gasteiger charge is -2.37. The number of fused-ring (bicyclic) bond motifs is 2. The lowest BCUT2D eigenvalue weighted by atomic mass is 9.77. The van der Waals surface area contributed by atoms with E-state index in [4.69, 9.17) is 33.7 Å². The lowest BCUT2D eigenvalue weighted by Crippen LogP contribution is -2.43. The topological polar surface area (TPSA) is 122 Å². The number of methoxy groups -OCH3 is 2. The van der Waals surface area contributed by atoms with Gasteiger partial charge in [0.15, 0.2) is 23.2 Å². The Morgan fingerprint density at radius 1 is 0.889 bits per heavy atom. The van der Waals surface area contributed by atoms with Gasteiger partial charge in [-0.2, -0.15) is 0 Å². The molecule has 11 heteroatoms. The molecule has 7 rings (SSSR count). The molecule has 4 heterocycles. The molecule has 0 bridgehead atoms. The first-order valence-electron chi connectivity index (χ1n) is 14.8. The molecule has 45 heavy (non-hydrogen) atoms. The van der Waals surface area contributed by atoms with E-state index in [0.29, 0.717) is 17.0 Å². The summed E-state index contributed by atoms with van der Waals surface area (Å²) in [7, 11) is 3.16. The zero-order valence-corrected chi connectivity index (χ0v) is 25.4. The fourth-order valence-electron chi connectivity index (χ4n) is 6.55. The van der Waals surface area contributed by atoms with E-state index in [-0.39, 0.29) is 0 Å². The molecule has 5 aromatic rings. The Kier molecular flexibility index (Phi) is 7.50. The second kappa shape index (κ2) is 11.5. The first kappa shape index (κ1) is 29.3. The molecule has 2 unspecified atom stereocenters. The molecule has 0 amide bonds. The third kappa shape index (κ3) is 4.75. The first-order valence-corrected chi connectivity index (χ1v) is 14.8. The summed E-state index contributed by atoms with van der Waals surface area (Å²) >= 11 is 0. The average Bonchev–Trinajstić information content (AvgIpc) is 3.74. The molecule has 232 valence electrons. The Labute approximate surface area is 260 Å². The van der Waals surface area contributed by atoms with Crippen molar-refractivity contribution in [2.45, 2.75) is 56.0 Å². The van der Waals surface area contributed by atoms with Crippen molar-refractivity contribution in [3.05, 3.63) is 114 Å². The van der Waals surface area contributed by atoms with Gasteiger partial charge in [0.05, 0.1) is 19.5 Å². The monoisotopic (exact) mass is 609 g/mol.